The fraction of sp³-hybridized carbons (Fsp3) is 0.321. The first kappa shape index (κ1) is 25.3. The number of nitrogens with zero attached hydrogens (tertiary/aromatic N) is 2. The number of carbonyl (C=O) groups is 1. The molecule has 1 atom stereocenters. The molecule has 0 aliphatic carbocycles. The van der Waals surface area contributed by atoms with Crippen LogP contribution >= 0.6 is 0 Å². The Morgan fingerprint density at radius 3 is 2.53 bits per heavy atom. The number of aryl methyl sites for hydroxylation is 1. The van der Waals surface area contributed by atoms with Crippen molar-refractivity contribution in [3.8, 4) is 0 Å². The van der Waals surface area contributed by atoms with Gasteiger partial charge in [0.1, 0.15) is 22.9 Å². The van der Waals surface area contributed by atoms with Crippen molar-refractivity contribution in [3.05, 3.63) is 99.0 Å². The summed E-state index contributed by atoms with van der Waals surface area (Å²) in [5.74, 6) is -0.170. The van der Waals surface area contributed by atoms with Crippen LogP contribution in [0.1, 0.15) is 59.4 Å². The predicted molar refractivity (Wildman–Crippen MR) is 135 cm³/mol. The van der Waals surface area contributed by atoms with E-state index in [4.69, 9.17) is 14.7 Å². The molecule has 36 heavy (non-hydrogen) atoms. The average molecular weight is 492 g/mol. The smallest absolute Gasteiger partial charge is 0.276 e. The predicted octanol–water partition coefficient (Wildman–Crippen LogP) is 5.01. The molecule has 2 N–H and O–H groups in total. The summed E-state index contributed by atoms with van der Waals surface area (Å²) in [6, 6.07) is 14.4. The molecule has 2 aromatic heterocycles. The summed E-state index contributed by atoms with van der Waals surface area (Å²) >= 11 is 0. The molecule has 7 nitrogen and oxygen atoms in total. The third kappa shape index (κ3) is 5.23. The van der Waals surface area contributed by atoms with Crippen molar-refractivity contribution in [2.24, 2.45) is 11.7 Å². The van der Waals surface area contributed by atoms with Crippen LogP contribution in [0.15, 0.2) is 68.3 Å². The van der Waals surface area contributed by atoms with Crippen molar-refractivity contribution in [2.45, 2.75) is 39.7 Å². The number of carbonyl (C=O) groups excluding carboxylic acids is 1. The summed E-state index contributed by atoms with van der Waals surface area (Å²) in [5.41, 5.74) is 7.20. The Hall–Kier alpha value is -3.78. The van der Waals surface area contributed by atoms with E-state index < -0.39 is 11.9 Å². The van der Waals surface area contributed by atoms with Gasteiger partial charge in [-0.15, -0.1) is 0 Å². The van der Waals surface area contributed by atoms with Gasteiger partial charge in [0.2, 0.25) is 0 Å². The van der Waals surface area contributed by atoms with Crippen LogP contribution in [-0.4, -0.2) is 29.1 Å². The van der Waals surface area contributed by atoms with E-state index in [1.54, 1.807) is 17.9 Å². The standard InChI is InChI=1S/C28H30FN3O4/c1-17(2)25(32(13-7-12-30)28(34)23-14-18(3)36-31-23)27-22(15-19-8-5-4-6-9-19)26(33)21-11-10-20(29)16-24(21)35-27/h4-6,8-11,14,16-17,25H,7,12-13,15,30H2,1-3H3/t25-/m1/s1. The first-order valence-electron chi connectivity index (χ1n) is 12.0. The topological polar surface area (TPSA) is 103 Å². The fourth-order valence-electron chi connectivity index (χ4n) is 4.48. The van der Waals surface area contributed by atoms with E-state index in [9.17, 15) is 14.0 Å². The number of rotatable bonds is 9. The van der Waals surface area contributed by atoms with Crippen molar-refractivity contribution in [1.82, 2.24) is 10.1 Å². The molecule has 4 rings (SSSR count). The highest BCUT2D eigenvalue weighted by atomic mass is 19.1. The maximum atomic E-state index is 14.1. The quantitative estimate of drug-likeness (QED) is 0.353. The van der Waals surface area contributed by atoms with Crippen LogP contribution in [0.5, 0.6) is 0 Å². The Labute approximate surface area is 208 Å². The lowest BCUT2D eigenvalue weighted by molar-refractivity contribution is 0.0577. The molecular weight excluding hydrogens is 461 g/mol. The van der Waals surface area contributed by atoms with E-state index in [0.717, 1.165) is 5.56 Å². The van der Waals surface area contributed by atoms with Gasteiger partial charge in [0.05, 0.1) is 11.4 Å². The average Bonchev–Trinajstić information content (AvgIpc) is 3.29. The van der Waals surface area contributed by atoms with Crippen LogP contribution in [0.3, 0.4) is 0 Å². The monoisotopic (exact) mass is 491 g/mol. The van der Waals surface area contributed by atoms with Crippen LogP contribution in [0.2, 0.25) is 0 Å². The van der Waals surface area contributed by atoms with Gasteiger partial charge in [0.25, 0.3) is 5.91 Å². The molecule has 2 aromatic carbocycles. The van der Waals surface area contributed by atoms with Gasteiger partial charge in [0, 0.05) is 30.7 Å². The van der Waals surface area contributed by atoms with Crippen molar-refractivity contribution in [2.75, 3.05) is 13.1 Å². The zero-order valence-corrected chi connectivity index (χ0v) is 20.7. The first-order chi connectivity index (χ1) is 17.3. The highest BCUT2D eigenvalue weighted by Crippen LogP contribution is 2.34. The Balaban J connectivity index is 1.93. The summed E-state index contributed by atoms with van der Waals surface area (Å²) in [6.45, 7) is 6.30. The molecule has 0 saturated heterocycles. The molecule has 0 spiro atoms. The van der Waals surface area contributed by atoms with E-state index in [1.165, 1.54) is 18.2 Å². The van der Waals surface area contributed by atoms with Gasteiger partial charge in [-0.25, -0.2) is 4.39 Å². The number of fused-ring (bicyclic) bond motifs is 1. The Morgan fingerprint density at radius 2 is 1.89 bits per heavy atom. The minimum atomic E-state index is -0.625. The molecule has 188 valence electrons. The third-order valence-electron chi connectivity index (χ3n) is 6.15. The van der Waals surface area contributed by atoms with Crippen LogP contribution in [0, 0.1) is 18.7 Å². The molecule has 1 amide bonds. The highest BCUT2D eigenvalue weighted by molar-refractivity contribution is 5.92. The van der Waals surface area contributed by atoms with Gasteiger partial charge < -0.3 is 19.6 Å². The molecule has 4 aromatic rings. The maximum absolute atomic E-state index is 14.1. The summed E-state index contributed by atoms with van der Waals surface area (Å²) in [6.07, 6.45) is 0.837. The van der Waals surface area contributed by atoms with Gasteiger partial charge in [-0.3, -0.25) is 9.59 Å². The second-order valence-electron chi connectivity index (χ2n) is 9.23. The zero-order chi connectivity index (χ0) is 25.8. The van der Waals surface area contributed by atoms with Crippen molar-refractivity contribution < 1.29 is 18.1 Å². The van der Waals surface area contributed by atoms with Crippen molar-refractivity contribution >= 4 is 16.9 Å². The fourth-order valence-corrected chi connectivity index (χ4v) is 4.48. The summed E-state index contributed by atoms with van der Waals surface area (Å²) in [4.78, 5) is 29.0. The minimum Gasteiger partial charge on any atom is -0.458 e. The van der Waals surface area contributed by atoms with E-state index >= 15 is 0 Å². The molecule has 0 bridgehead atoms. The molecule has 0 saturated carbocycles. The van der Waals surface area contributed by atoms with Crippen molar-refractivity contribution in [1.29, 1.82) is 0 Å². The molecule has 0 fully saturated rings. The normalized spacial score (nSPS) is 12.3. The Kier molecular flexibility index (Phi) is 7.64. The molecule has 0 aliphatic rings. The van der Waals surface area contributed by atoms with Gasteiger partial charge in [-0.05, 0) is 43.5 Å². The second kappa shape index (κ2) is 10.9. The number of aromatic nitrogens is 1. The SMILES string of the molecule is Cc1cc(C(=O)N(CCCN)[C@@H](c2oc3cc(F)ccc3c(=O)c2Cc2ccccc2)C(C)C)no1. The van der Waals surface area contributed by atoms with E-state index in [2.05, 4.69) is 5.16 Å². The van der Waals surface area contributed by atoms with E-state index in [1.807, 2.05) is 44.2 Å². The lowest BCUT2D eigenvalue weighted by atomic mass is 9.92. The number of hydrogen-bond acceptors (Lipinski definition) is 6. The second-order valence-corrected chi connectivity index (χ2v) is 9.23. The zero-order valence-electron chi connectivity index (χ0n) is 20.7. The van der Waals surface area contributed by atoms with Crippen LogP contribution in [-0.2, 0) is 6.42 Å². The van der Waals surface area contributed by atoms with Gasteiger partial charge in [0.15, 0.2) is 11.1 Å². The molecular formula is C28H30FN3O4. The summed E-state index contributed by atoms with van der Waals surface area (Å²) in [7, 11) is 0. The molecule has 8 heteroatoms. The van der Waals surface area contributed by atoms with Gasteiger partial charge in [-0.1, -0.05) is 49.3 Å². The summed E-state index contributed by atoms with van der Waals surface area (Å²) < 4.78 is 25.6. The number of nitrogens with two attached hydrogens (primary N) is 1. The lowest BCUT2D eigenvalue weighted by Gasteiger charge is -2.34. The molecule has 0 radical (unpaired) electrons. The first-order valence-corrected chi connectivity index (χ1v) is 12.0. The largest absolute Gasteiger partial charge is 0.458 e. The number of benzene rings is 2. The number of halogens is 1. The van der Waals surface area contributed by atoms with Crippen LogP contribution in [0.25, 0.3) is 11.0 Å². The highest BCUT2D eigenvalue weighted by Gasteiger charge is 2.34. The Bertz CT molecular complexity index is 1410. The van der Waals surface area contributed by atoms with Crippen molar-refractivity contribution in [3.63, 3.8) is 0 Å². The number of amides is 1. The third-order valence-corrected chi connectivity index (χ3v) is 6.15. The van der Waals surface area contributed by atoms with E-state index in [0.29, 0.717) is 48.4 Å². The number of hydrogen-bond donors (Lipinski definition) is 1. The minimum absolute atomic E-state index is 0.140. The van der Waals surface area contributed by atoms with E-state index in [-0.39, 0.29) is 28.5 Å². The molecule has 2 heterocycles. The molecule has 0 aliphatic heterocycles. The van der Waals surface area contributed by atoms with Gasteiger partial charge >= 0.3 is 0 Å². The summed E-state index contributed by atoms with van der Waals surface area (Å²) in [5, 5.41) is 4.20. The molecule has 0 unspecified atom stereocenters. The Morgan fingerprint density at radius 1 is 1.14 bits per heavy atom. The van der Waals surface area contributed by atoms with Gasteiger partial charge in [-0.2, -0.15) is 0 Å². The maximum Gasteiger partial charge on any atom is 0.276 e. The van der Waals surface area contributed by atoms with Crippen LogP contribution < -0.4 is 11.2 Å². The van der Waals surface area contributed by atoms with Crippen LogP contribution in [0.4, 0.5) is 4.39 Å². The lowest BCUT2D eigenvalue weighted by Crippen LogP contribution is -2.40.